The number of fused-ring (bicyclic) bond motifs is 1. The number of carbonyl (C=O) groups is 3. The van der Waals surface area contributed by atoms with Crippen LogP contribution in [0.5, 0.6) is 0 Å². The molecule has 1 fully saturated rings. The molecular formula is C32H56N7O17P3S. The van der Waals surface area contributed by atoms with Gasteiger partial charge < -0.3 is 50.9 Å². The molecule has 1 aliphatic heterocycles. The lowest BCUT2D eigenvalue weighted by atomic mass is 9.87. The largest absolute Gasteiger partial charge is 0.481 e. The number of ether oxygens (including phenoxy) is 1. The number of phosphoric ester groups is 3. The average Bonchev–Trinajstić information content (AvgIpc) is 3.72. The average molecular weight is 936 g/mol. The number of unbranched alkanes of at least 4 members (excludes halogenated alkanes) is 7. The first-order valence-electron chi connectivity index (χ1n) is 19.1. The van der Waals surface area contributed by atoms with E-state index in [-0.39, 0.29) is 41.6 Å². The number of imidazole rings is 1. The summed E-state index contributed by atoms with van der Waals surface area (Å²) in [5.74, 6) is -1.03. The standard InChI is InChI=1S/C32H56N7O17P3S/c1-4-5-6-7-8-9-10-11-12-23(41)60-16-15-34-22(40)13-14-35-30(44)27(43)32(2,3)18-53-59(50,51)56-58(48,49)52-17-21-26(55-57(45,46)47)25(42)31(54-21)39-20-38-24-28(33)36-19-37-29(24)39/h19-21,25-27,31,42-43H,4-18H2,1-3H3,(H,34,40)(H,35,44)(H,48,49)(H,50,51)(H2,33,36,37)(H2,45,46,47). The highest BCUT2D eigenvalue weighted by Gasteiger charge is 2.50. The van der Waals surface area contributed by atoms with Crippen molar-refractivity contribution in [2.45, 2.75) is 116 Å². The number of carbonyl (C=O) groups excluding carboxylic acids is 3. The summed E-state index contributed by atoms with van der Waals surface area (Å²) in [4.78, 5) is 87.9. The third-order valence-electron chi connectivity index (χ3n) is 9.00. The van der Waals surface area contributed by atoms with Gasteiger partial charge in [-0.2, -0.15) is 4.31 Å². The van der Waals surface area contributed by atoms with Crippen molar-refractivity contribution in [1.29, 1.82) is 0 Å². The second-order valence-corrected chi connectivity index (χ2v) is 19.9. The van der Waals surface area contributed by atoms with Gasteiger partial charge in [0.15, 0.2) is 22.8 Å². The molecule has 1 saturated heterocycles. The first-order chi connectivity index (χ1) is 28.1. The monoisotopic (exact) mass is 935 g/mol. The zero-order valence-corrected chi connectivity index (χ0v) is 36.9. The minimum absolute atomic E-state index is 0.0331. The quantitative estimate of drug-likeness (QED) is 0.0436. The Hall–Kier alpha value is -2.44. The van der Waals surface area contributed by atoms with Crippen LogP contribution in [0, 0.1) is 5.41 Å². The van der Waals surface area contributed by atoms with Gasteiger partial charge in [0, 0.05) is 37.1 Å². The Balaban J connectivity index is 1.40. The van der Waals surface area contributed by atoms with Crippen LogP contribution in [0.2, 0.25) is 0 Å². The van der Waals surface area contributed by atoms with Gasteiger partial charge in [0.05, 0.1) is 19.5 Å². The normalized spacial score (nSPS) is 21.0. The summed E-state index contributed by atoms with van der Waals surface area (Å²) < 4.78 is 62.3. The van der Waals surface area contributed by atoms with E-state index >= 15 is 0 Å². The topological polar surface area (TPSA) is 364 Å². The number of nitrogens with two attached hydrogens (primary N) is 1. The predicted octanol–water partition coefficient (Wildman–Crippen LogP) is 2.20. The molecule has 3 rings (SSSR count). The summed E-state index contributed by atoms with van der Waals surface area (Å²) >= 11 is 1.15. The Labute approximate surface area is 350 Å². The van der Waals surface area contributed by atoms with E-state index in [1.807, 2.05) is 0 Å². The van der Waals surface area contributed by atoms with Crippen LogP contribution in [0.1, 0.15) is 91.2 Å². The van der Waals surface area contributed by atoms with Crippen LogP contribution < -0.4 is 16.4 Å². The highest BCUT2D eigenvalue weighted by Crippen LogP contribution is 2.61. The maximum Gasteiger partial charge on any atom is 0.481 e. The lowest BCUT2D eigenvalue weighted by Gasteiger charge is -2.30. The van der Waals surface area contributed by atoms with Crippen LogP contribution in [0.15, 0.2) is 12.7 Å². The van der Waals surface area contributed by atoms with Crippen molar-refractivity contribution in [2.24, 2.45) is 5.41 Å². The van der Waals surface area contributed by atoms with Gasteiger partial charge in [-0.05, 0) is 6.42 Å². The van der Waals surface area contributed by atoms with E-state index in [2.05, 4.69) is 41.3 Å². The van der Waals surface area contributed by atoms with E-state index in [1.165, 1.54) is 46.0 Å². The fraction of sp³-hybridized carbons (Fsp3) is 0.750. The van der Waals surface area contributed by atoms with Crippen LogP contribution in [-0.2, 0) is 50.7 Å². The van der Waals surface area contributed by atoms with Gasteiger partial charge in [-0.1, -0.05) is 77.5 Å². The predicted molar refractivity (Wildman–Crippen MR) is 214 cm³/mol. The van der Waals surface area contributed by atoms with Crippen molar-refractivity contribution >= 4 is 69.1 Å². The molecule has 0 spiro atoms. The number of aliphatic hydroxyl groups excluding tert-OH is 2. The van der Waals surface area contributed by atoms with Gasteiger partial charge >= 0.3 is 23.5 Å². The number of hydrogen-bond donors (Lipinski definition) is 9. The van der Waals surface area contributed by atoms with Gasteiger partial charge in [-0.15, -0.1) is 0 Å². The summed E-state index contributed by atoms with van der Waals surface area (Å²) in [5, 5.41) is 26.6. The Bertz CT molecular complexity index is 1870. The Morgan fingerprint density at radius 1 is 0.950 bits per heavy atom. The van der Waals surface area contributed by atoms with Crippen molar-refractivity contribution in [3.8, 4) is 0 Å². The Morgan fingerprint density at radius 3 is 2.27 bits per heavy atom. The van der Waals surface area contributed by atoms with Crippen molar-refractivity contribution < 1.29 is 80.5 Å². The zero-order valence-electron chi connectivity index (χ0n) is 33.4. The van der Waals surface area contributed by atoms with Crippen molar-refractivity contribution in [3.63, 3.8) is 0 Å². The fourth-order valence-electron chi connectivity index (χ4n) is 5.77. The van der Waals surface area contributed by atoms with Gasteiger partial charge in [0.1, 0.15) is 36.3 Å². The summed E-state index contributed by atoms with van der Waals surface area (Å²) in [6, 6.07) is 0. The number of aromatic nitrogens is 4. The minimum Gasteiger partial charge on any atom is -0.386 e. The van der Waals surface area contributed by atoms with E-state index in [1.54, 1.807) is 0 Å². The Morgan fingerprint density at radius 2 is 1.60 bits per heavy atom. The molecule has 10 N–H and O–H groups in total. The number of aliphatic hydroxyl groups is 2. The van der Waals surface area contributed by atoms with Crippen LogP contribution in [-0.4, -0.2) is 123 Å². The highest BCUT2D eigenvalue weighted by molar-refractivity contribution is 8.13. The number of amides is 2. The highest BCUT2D eigenvalue weighted by atomic mass is 32.2. The second kappa shape index (κ2) is 23.9. The molecule has 7 atom stereocenters. The molecule has 342 valence electrons. The third-order valence-corrected chi connectivity index (χ3v) is 13.0. The fourth-order valence-corrected chi connectivity index (χ4v) is 9.32. The van der Waals surface area contributed by atoms with Crippen LogP contribution in [0.4, 0.5) is 5.82 Å². The first-order valence-corrected chi connectivity index (χ1v) is 24.6. The van der Waals surface area contributed by atoms with E-state index in [0.717, 1.165) is 48.2 Å². The van der Waals surface area contributed by atoms with Crippen molar-refractivity contribution in [2.75, 3.05) is 37.8 Å². The lowest BCUT2D eigenvalue weighted by Crippen LogP contribution is -2.46. The summed E-state index contributed by atoms with van der Waals surface area (Å²) in [6.45, 7) is 2.75. The summed E-state index contributed by atoms with van der Waals surface area (Å²) in [5.41, 5.74) is 4.28. The number of anilines is 1. The Kier molecular flexibility index (Phi) is 20.6. The maximum absolute atomic E-state index is 12.7. The molecule has 7 unspecified atom stereocenters. The molecular weight excluding hydrogens is 879 g/mol. The number of thioether (sulfide) groups is 1. The zero-order chi connectivity index (χ0) is 44.7. The van der Waals surface area contributed by atoms with Crippen LogP contribution in [0.25, 0.3) is 11.2 Å². The number of phosphoric acid groups is 3. The molecule has 1 aliphatic rings. The van der Waals surface area contributed by atoms with Gasteiger partial charge in [0.2, 0.25) is 11.8 Å². The molecule has 24 nitrogen and oxygen atoms in total. The SMILES string of the molecule is CCCCCCCCCCC(=O)SCCNC(=O)CCNC(=O)C(O)C(C)(C)COP(=O)(O)OP(=O)(O)OCC1OC(n2cnc3c(N)ncnc32)C(O)C1OP(=O)(O)O. The van der Waals surface area contributed by atoms with Gasteiger partial charge in [-0.3, -0.25) is 32.5 Å². The van der Waals surface area contributed by atoms with E-state index in [4.69, 9.17) is 19.5 Å². The van der Waals surface area contributed by atoms with Crippen LogP contribution in [0.3, 0.4) is 0 Å². The number of nitrogens with one attached hydrogen (secondary N) is 2. The molecule has 0 saturated carbocycles. The molecule has 2 amide bonds. The number of hydrogen-bond acceptors (Lipinski definition) is 18. The van der Waals surface area contributed by atoms with Crippen molar-refractivity contribution in [3.05, 3.63) is 12.7 Å². The van der Waals surface area contributed by atoms with Crippen molar-refractivity contribution in [1.82, 2.24) is 30.2 Å². The molecule has 3 heterocycles. The number of nitrogen functional groups attached to an aromatic ring is 1. The molecule has 0 radical (unpaired) electrons. The van der Waals surface area contributed by atoms with Gasteiger partial charge in [-0.25, -0.2) is 28.6 Å². The number of rotatable bonds is 28. The summed E-state index contributed by atoms with van der Waals surface area (Å²) in [7, 11) is -16.4. The van der Waals surface area contributed by atoms with Gasteiger partial charge in [0.25, 0.3) is 0 Å². The third kappa shape index (κ3) is 17.4. The number of nitrogens with zero attached hydrogens (tertiary/aromatic N) is 4. The molecule has 2 aromatic heterocycles. The second-order valence-electron chi connectivity index (χ2n) is 14.5. The molecule has 0 aliphatic carbocycles. The molecule has 0 bridgehead atoms. The summed E-state index contributed by atoms with van der Waals surface area (Å²) in [6.07, 6.45) is 2.68. The minimum atomic E-state index is -5.57. The molecule has 60 heavy (non-hydrogen) atoms. The molecule has 0 aromatic carbocycles. The smallest absolute Gasteiger partial charge is 0.386 e. The molecule has 28 heteroatoms. The molecule has 2 aromatic rings. The van der Waals surface area contributed by atoms with Crippen LogP contribution >= 0.6 is 35.2 Å². The first kappa shape index (κ1) is 51.9. The van der Waals surface area contributed by atoms with E-state index in [0.29, 0.717) is 12.2 Å². The van der Waals surface area contributed by atoms with E-state index < -0.39 is 84.6 Å². The lowest BCUT2D eigenvalue weighted by molar-refractivity contribution is -0.137. The van der Waals surface area contributed by atoms with E-state index in [9.17, 15) is 57.9 Å². The maximum atomic E-state index is 12.7.